The molecule has 0 aliphatic carbocycles. The molecule has 0 aliphatic heterocycles. The Bertz CT molecular complexity index is 598. The SMILES string of the molecule is CC(Cc1ccc(Br)cc1)(NCc1ccccc1)C(=O)O. The molecule has 0 spiro atoms. The average Bonchev–Trinajstić information content (AvgIpc) is 2.48. The smallest absolute Gasteiger partial charge is 0.323 e. The molecule has 0 aliphatic rings. The molecule has 2 aromatic rings. The normalized spacial score (nSPS) is 13.6. The van der Waals surface area contributed by atoms with Crippen molar-refractivity contribution >= 4 is 21.9 Å². The number of hydrogen-bond donors (Lipinski definition) is 2. The molecule has 0 heterocycles. The second-order valence-electron chi connectivity index (χ2n) is 5.28. The number of aliphatic carboxylic acids is 1. The van der Waals surface area contributed by atoms with E-state index in [4.69, 9.17) is 0 Å². The van der Waals surface area contributed by atoms with E-state index in [1.54, 1.807) is 6.92 Å². The number of rotatable bonds is 6. The van der Waals surface area contributed by atoms with Gasteiger partial charge in [0.15, 0.2) is 0 Å². The van der Waals surface area contributed by atoms with Crippen LogP contribution in [0.5, 0.6) is 0 Å². The Balaban J connectivity index is 2.09. The van der Waals surface area contributed by atoms with Gasteiger partial charge in [-0.3, -0.25) is 10.1 Å². The highest BCUT2D eigenvalue weighted by Crippen LogP contribution is 2.17. The first-order valence-electron chi connectivity index (χ1n) is 6.76. The van der Waals surface area contributed by atoms with Gasteiger partial charge in [-0.1, -0.05) is 58.4 Å². The van der Waals surface area contributed by atoms with Crippen LogP contribution in [0.1, 0.15) is 18.1 Å². The van der Waals surface area contributed by atoms with E-state index in [0.717, 1.165) is 15.6 Å². The number of carboxylic acids is 1. The van der Waals surface area contributed by atoms with Crippen molar-refractivity contribution in [3.05, 3.63) is 70.2 Å². The fraction of sp³-hybridized carbons (Fsp3) is 0.235. The molecule has 0 bridgehead atoms. The molecule has 0 saturated heterocycles. The van der Waals surface area contributed by atoms with Crippen LogP contribution in [0.4, 0.5) is 0 Å². The molecule has 4 heteroatoms. The lowest BCUT2D eigenvalue weighted by atomic mass is 9.92. The number of benzene rings is 2. The Morgan fingerprint density at radius 1 is 1.10 bits per heavy atom. The molecule has 2 N–H and O–H groups in total. The van der Waals surface area contributed by atoms with E-state index >= 15 is 0 Å². The summed E-state index contributed by atoms with van der Waals surface area (Å²) >= 11 is 3.38. The predicted molar refractivity (Wildman–Crippen MR) is 87.2 cm³/mol. The van der Waals surface area contributed by atoms with Crippen molar-refractivity contribution < 1.29 is 9.90 Å². The van der Waals surface area contributed by atoms with Gasteiger partial charge in [-0.05, 0) is 30.2 Å². The van der Waals surface area contributed by atoms with Crippen LogP contribution in [0.2, 0.25) is 0 Å². The number of carbonyl (C=O) groups is 1. The number of hydrogen-bond acceptors (Lipinski definition) is 2. The second kappa shape index (κ2) is 6.87. The molecular formula is C17H18BrNO2. The summed E-state index contributed by atoms with van der Waals surface area (Å²) in [7, 11) is 0. The van der Waals surface area contributed by atoms with Crippen molar-refractivity contribution in [3.8, 4) is 0 Å². The largest absolute Gasteiger partial charge is 0.480 e. The predicted octanol–water partition coefficient (Wildman–Crippen LogP) is 3.62. The molecule has 1 unspecified atom stereocenters. The third-order valence-electron chi connectivity index (χ3n) is 3.47. The third-order valence-corrected chi connectivity index (χ3v) is 4.00. The molecular weight excluding hydrogens is 330 g/mol. The van der Waals surface area contributed by atoms with Crippen molar-refractivity contribution in [2.45, 2.75) is 25.4 Å². The Labute approximate surface area is 133 Å². The van der Waals surface area contributed by atoms with E-state index in [9.17, 15) is 9.90 Å². The highest BCUT2D eigenvalue weighted by molar-refractivity contribution is 9.10. The van der Waals surface area contributed by atoms with E-state index in [0.29, 0.717) is 13.0 Å². The molecule has 0 saturated carbocycles. The van der Waals surface area contributed by atoms with Gasteiger partial charge in [0.25, 0.3) is 0 Å². The van der Waals surface area contributed by atoms with E-state index in [1.165, 1.54) is 0 Å². The average molecular weight is 348 g/mol. The quantitative estimate of drug-likeness (QED) is 0.838. The Morgan fingerprint density at radius 2 is 1.71 bits per heavy atom. The van der Waals surface area contributed by atoms with Gasteiger partial charge in [-0.15, -0.1) is 0 Å². The van der Waals surface area contributed by atoms with Crippen molar-refractivity contribution in [3.63, 3.8) is 0 Å². The first kappa shape index (κ1) is 15.7. The minimum Gasteiger partial charge on any atom is -0.480 e. The fourth-order valence-electron chi connectivity index (χ4n) is 2.12. The maximum atomic E-state index is 11.6. The number of halogens is 1. The van der Waals surface area contributed by atoms with Gasteiger partial charge in [0, 0.05) is 17.4 Å². The van der Waals surface area contributed by atoms with Crippen molar-refractivity contribution in [1.29, 1.82) is 0 Å². The van der Waals surface area contributed by atoms with Gasteiger partial charge in [0.2, 0.25) is 0 Å². The Hall–Kier alpha value is -1.65. The summed E-state index contributed by atoms with van der Waals surface area (Å²) in [5, 5.41) is 12.7. The molecule has 2 rings (SSSR count). The van der Waals surface area contributed by atoms with Crippen LogP contribution < -0.4 is 5.32 Å². The summed E-state index contributed by atoms with van der Waals surface area (Å²) in [6.07, 6.45) is 0.433. The molecule has 2 aromatic carbocycles. The lowest BCUT2D eigenvalue weighted by Crippen LogP contribution is -2.50. The lowest BCUT2D eigenvalue weighted by Gasteiger charge is -2.26. The van der Waals surface area contributed by atoms with E-state index < -0.39 is 11.5 Å². The first-order chi connectivity index (χ1) is 9.99. The highest BCUT2D eigenvalue weighted by Gasteiger charge is 2.32. The van der Waals surface area contributed by atoms with Crippen LogP contribution in [0.15, 0.2) is 59.1 Å². The zero-order valence-electron chi connectivity index (χ0n) is 11.8. The summed E-state index contributed by atoms with van der Waals surface area (Å²) in [6.45, 7) is 2.25. The highest BCUT2D eigenvalue weighted by atomic mass is 79.9. The topological polar surface area (TPSA) is 49.3 Å². The molecule has 21 heavy (non-hydrogen) atoms. The van der Waals surface area contributed by atoms with Crippen LogP contribution in [0.3, 0.4) is 0 Å². The summed E-state index contributed by atoms with van der Waals surface area (Å²) in [5.74, 6) is -0.846. The van der Waals surface area contributed by atoms with Gasteiger partial charge >= 0.3 is 5.97 Å². The third kappa shape index (κ3) is 4.41. The molecule has 0 fully saturated rings. The minimum absolute atomic E-state index is 0.433. The van der Waals surface area contributed by atoms with E-state index in [1.807, 2.05) is 54.6 Å². The standard InChI is InChI=1S/C17H18BrNO2/c1-17(16(20)21,11-13-7-9-15(18)10-8-13)19-12-14-5-3-2-4-6-14/h2-10,19H,11-12H2,1H3,(H,20,21). The van der Waals surface area contributed by atoms with Crippen molar-refractivity contribution in [2.75, 3.05) is 0 Å². The van der Waals surface area contributed by atoms with E-state index in [2.05, 4.69) is 21.2 Å². The first-order valence-corrected chi connectivity index (χ1v) is 7.56. The molecule has 0 aromatic heterocycles. The van der Waals surface area contributed by atoms with Crippen LogP contribution in [-0.4, -0.2) is 16.6 Å². The van der Waals surface area contributed by atoms with Crippen molar-refractivity contribution in [2.24, 2.45) is 0 Å². The molecule has 0 amide bonds. The maximum absolute atomic E-state index is 11.6. The second-order valence-corrected chi connectivity index (χ2v) is 6.20. The molecule has 110 valence electrons. The van der Waals surface area contributed by atoms with Gasteiger partial charge in [-0.25, -0.2) is 0 Å². The molecule has 0 radical (unpaired) electrons. The van der Waals surface area contributed by atoms with Crippen LogP contribution in [0.25, 0.3) is 0 Å². The zero-order chi connectivity index (χ0) is 15.3. The zero-order valence-corrected chi connectivity index (χ0v) is 13.4. The fourth-order valence-corrected chi connectivity index (χ4v) is 2.38. The number of carboxylic acid groups (broad SMARTS) is 1. The lowest BCUT2D eigenvalue weighted by molar-refractivity contribution is -0.144. The van der Waals surface area contributed by atoms with Crippen LogP contribution in [0, 0.1) is 0 Å². The summed E-state index contributed by atoms with van der Waals surface area (Å²) in [4.78, 5) is 11.6. The summed E-state index contributed by atoms with van der Waals surface area (Å²) in [5.41, 5.74) is 1.06. The van der Waals surface area contributed by atoms with Gasteiger partial charge in [0.05, 0.1) is 0 Å². The molecule has 1 atom stereocenters. The summed E-state index contributed by atoms with van der Waals surface area (Å²) in [6, 6.07) is 17.5. The minimum atomic E-state index is -0.996. The van der Waals surface area contributed by atoms with Crippen molar-refractivity contribution in [1.82, 2.24) is 5.32 Å². The Morgan fingerprint density at radius 3 is 2.29 bits per heavy atom. The van der Waals surface area contributed by atoms with Crippen LogP contribution in [-0.2, 0) is 17.8 Å². The van der Waals surface area contributed by atoms with Gasteiger partial charge in [0.1, 0.15) is 5.54 Å². The van der Waals surface area contributed by atoms with Gasteiger partial charge < -0.3 is 5.11 Å². The maximum Gasteiger partial charge on any atom is 0.323 e. The van der Waals surface area contributed by atoms with Crippen LogP contribution >= 0.6 is 15.9 Å². The van der Waals surface area contributed by atoms with E-state index in [-0.39, 0.29) is 0 Å². The Kier molecular flexibility index (Phi) is 5.15. The number of nitrogens with one attached hydrogen (secondary N) is 1. The summed E-state index contributed by atoms with van der Waals surface area (Å²) < 4.78 is 0.987. The molecule has 3 nitrogen and oxygen atoms in total. The monoisotopic (exact) mass is 347 g/mol. The van der Waals surface area contributed by atoms with Gasteiger partial charge in [-0.2, -0.15) is 0 Å².